The number of carbonyl (C=O) groups excluding carboxylic acids is 1. The fourth-order valence-corrected chi connectivity index (χ4v) is 2.34. The second-order valence-electron chi connectivity index (χ2n) is 4.66. The van der Waals surface area contributed by atoms with E-state index in [0.29, 0.717) is 5.56 Å². The lowest BCUT2D eigenvalue weighted by Crippen LogP contribution is -2.28. The Morgan fingerprint density at radius 2 is 2.16 bits per heavy atom. The van der Waals surface area contributed by atoms with E-state index in [-0.39, 0.29) is 11.9 Å². The number of nitrogens with zero attached hydrogens (tertiary/aromatic N) is 4. The number of fused-ring (bicyclic) bond motifs is 1. The first-order chi connectivity index (χ1) is 9.25. The number of aryl methyl sites for hydroxylation is 1. The van der Waals surface area contributed by atoms with Gasteiger partial charge in [0.15, 0.2) is 5.82 Å². The molecular weight excluding hydrogens is 242 g/mol. The van der Waals surface area contributed by atoms with E-state index in [2.05, 4.69) is 25.1 Å². The molecule has 19 heavy (non-hydrogen) atoms. The third kappa shape index (κ3) is 2.21. The summed E-state index contributed by atoms with van der Waals surface area (Å²) >= 11 is 0. The topological polar surface area (TPSA) is 72.7 Å². The number of hydrogen-bond acceptors (Lipinski definition) is 4. The molecule has 0 saturated heterocycles. The normalized spacial score (nSPS) is 15.0. The van der Waals surface area contributed by atoms with Gasteiger partial charge in [0.2, 0.25) is 0 Å². The Kier molecular flexibility index (Phi) is 2.98. The van der Waals surface area contributed by atoms with Crippen molar-refractivity contribution in [1.29, 1.82) is 0 Å². The first kappa shape index (κ1) is 11.8. The Balaban J connectivity index is 1.75. The minimum Gasteiger partial charge on any atom is -0.342 e. The fourth-order valence-electron chi connectivity index (χ4n) is 2.34. The van der Waals surface area contributed by atoms with Gasteiger partial charge in [-0.25, -0.2) is 0 Å². The van der Waals surface area contributed by atoms with Crippen molar-refractivity contribution in [3.05, 3.63) is 41.7 Å². The predicted octanol–water partition coefficient (Wildman–Crippen LogP) is 1.11. The zero-order chi connectivity index (χ0) is 13.2. The van der Waals surface area contributed by atoms with Gasteiger partial charge in [-0.1, -0.05) is 0 Å². The molecule has 2 aromatic heterocycles. The standard InChI is InChI=1S/C13H15N5O/c1-9(12-17-16-11-3-2-8-18(11)12)15-13(19)10-4-6-14-7-5-10/h4-7,9H,2-3,8H2,1H3,(H,15,19). The summed E-state index contributed by atoms with van der Waals surface area (Å²) in [7, 11) is 0. The van der Waals surface area contributed by atoms with Crippen LogP contribution in [-0.2, 0) is 13.0 Å². The van der Waals surface area contributed by atoms with Crippen LogP contribution in [0.4, 0.5) is 0 Å². The molecule has 1 atom stereocenters. The monoisotopic (exact) mass is 257 g/mol. The molecule has 0 bridgehead atoms. The first-order valence-corrected chi connectivity index (χ1v) is 6.38. The lowest BCUT2D eigenvalue weighted by atomic mass is 10.2. The molecule has 6 heteroatoms. The third-order valence-electron chi connectivity index (χ3n) is 3.32. The molecule has 98 valence electrons. The smallest absolute Gasteiger partial charge is 0.251 e. The highest BCUT2D eigenvalue weighted by Gasteiger charge is 2.22. The highest BCUT2D eigenvalue weighted by atomic mass is 16.1. The molecule has 0 aromatic carbocycles. The molecule has 2 aromatic rings. The molecule has 1 N–H and O–H groups in total. The summed E-state index contributed by atoms with van der Waals surface area (Å²) in [6.07, 6.45) is 5.28. The van der Waals surface area contributed by atoms with Crippen LogP contribution in [-0.4, -0.2) is 25.7 Å². The van der Waals surface area contributed by atoms with Crippen LogP contribution in [0.25, 0.3) is 0 Å². The Labute approximate surface area is 110 Å². The number of rotatable bonds is 3. The van der Waals surface area contributed by atoms with Crippen LogP contribution in [0.15, 0.2) is 24.5 Å². The Morgan fingerprint density at radius 1 is 1.37 bits per heavy atom. The molecule has 1 unspecified atom stereocenters. The van der Waals surface area contributed by atoms with Crippen molar-refractivity contribution in [1.82, 2.24) is 25.1 Å². The van der Waals surface area contributed by atoms with Crippen molar-refractivity contribution in [2.45, 2.75) is 32.4 Å². The Hall–Kier alpha value is -2.24. The molecule has 1 amide bonds. The zero-order valence-electron chi connectivity index (χ0n) is 10.7. The van der Waals surface area contributed by atoms with Gasteiger partial charge in [0.05, 0.1) is 6.04 Å². The maximum atomic E-state index is 12.1. The van der Waals surface area contributed by atoms with Gasteiger partial charge in [0, 0.05) is 30.9 Å². The molecule has 0 fully saturated rings. The number of pyridine rings is 1. The summed E-state index contributed by atoms with van der Waals surface area (Å²) in [5.41, 5.74) is 0.600. The molecule has 6 nitrogen and oxygen atoms in total. The van der Waals surface area contributed by atoms with Crippen LogP contribution in [0.2, 0.25) is 0 Å². The van der Waals surface area contributed by atoms with Gasteiger partial charge >= 0.3 is 0 Å². The maximum Gasteiger partial charge on any atom is 0.251 e. The van der Waals surface area contributed by atoms with Gasteiger partial charge < -0.3 is 9.88 Å². The van der Waals surface area contributed by atoms with Crippen LogP contribution >= 0.6 is 0 Å². The Morgan fingerprint density at radius 3 is 2.95 bits per heavy atom. The number of amides is 1. The van der Waals surface area contributed by atoms with Gasteiger partial charge in [-0.05, 0) is 25.5 Å². The van der Waals surface area contributed by atoms with Crippen LogP contribution < -0.4 is 5.32 Å². The highest BCUT2D eigenvalue weighted by Crippen LogP contribution is 2.19. The summed E-state index contributed by atoms with van der Waals surface area (Å²) in [4.78, 5) is 16.0. The molecule has 1 aliphatic heterocycles. The van der Waals surface area contributed by atoms with Crippen LogP contribution in [0.5, 0.6) is 0 Å². The number of aromatic nitrogens is 4. The summed E-state index contributed by atoms with van der Waals surface area (Å²) in [5, 5.41) is 11.3. The zero-order valence-corrected chi connectivity index (χ0v) is 10.7. The molecule has 0 spiro atoms. The Bertz CT molecular complexity index is 592. The van der Waals surface area contributed by atoms with Crippen LogP contribution in [0.1, 0.15) is 41.4 Å². The van der Waals surface area contributed by atoms with E-state index < -0.39 is 0 Å². The van der Waals surface area contributed by atoms with Crippen molar-refractivity contribution in [2.75, 3.05) is 0 Å². The highest BCUT2D eigenvalue weighted by molar-refractivity contribution is 5.94. The van der Waals surface area contributed by atoms with E-state index in [4.69, 9.17) is 0 Å². The minimum atomic E-state index is -0.153. The van der Waals surface area contributed by atoms with Gasteiger partial charge in [0.25, 0.3) is 5.91 Å². The van der Waals surface area contributed by atoms with E-state index in [1.54, 1.807) is 24.5 Å². The minimum absolute atomic E-state index is 0.120. The van der Waals surface area contributed by atoms with Crippen molar-refractivity contribution >= 4 is 5.91 Å². The average molecular weight is 257 g/mol. The lowest BCUT2D eigenvalue weighted by molar-refractivity contribution is 0.0937. The van der Waals surface area contributed by atoms with Crippen molar-refractivity contribution in [3.63, 3.8) is 0 Å². The molecule has 3 heterocycles. The molecule has 0 saturated carbocycles. The molecule has 3 rings (SSSR count). The largest absolute Gasteiger partial charge is 0.342 e. The van der Waals surface area contributed by atoms with E-state index in [1.807, 2.05) is 6.92 Å². The second-order valence-corrected chi connectivity index (χ2v) is 4.66. The van der Waals surface area contributed by atoms with E-state index >= 15 is 0 Å². The van der Waals surface area contributed by atoms with Crippen LogP contribution in [0.3, 0.4) is 0 Å². The fraction of sp³-hybridized carbons (Fsp3) is 0.385. The van der Waals surface area contributed by atoms with E-state index in [0.717, 1.165) is 31.0 Å². The van der Waals surface area contributed by atoms with Gasteiger partial charge in [-0.15, -0.1) is 10.2 Å². The summed E-state index contributed by atoms with van der Waals surface area (Å²) < 4.78 is 2.09. The molecular formula is C13H15N5O. The van der Waals surface area contributed by atoms with Crippen LogP contribution in [0, 0.1) is 0 Å². The van der Waals surface area contributed by atoms with Crippen molar-refractivity contribution in [3.8, 4) is 0 Å². The van der Waals surface area contributed by atoms with E-state index in [1.165, 1.54) is 0 Å². The van der Waals surface area contributed by atoms with Gasteiger partial charge in [-0.2, -0.15) is 0 Å². The van der Waals surface area contributed by atoms with Gasteiger partial charge in [0.1, 0.15) is 5.82 Å². The maximum absolute atomic E-state index is 12.1. The van der Waals surface area contributed by atoms with Gasteiger partial charge in [-0.3, -0.25) is 9.78 Å². The average Bonchev–Trinajstić information content (AvgIpc) is 3.01. The molecule has 1 aliphatic rings. The van der Waals surface area contributed by atoms with Crippen molar-refractivity contribution in [2.24, 2.45) is 0 Å². The SMILES string of the molecule is CC(NC(=O)c1ccncc1)c1nnc2n1CCC2. The van der Waals surface area contributed by atoms with Crippen molar-refractivity contribution < 1.29 is 4.79 Å². The number of hydrogen-bond donors (Lipinski definition) is 1. The number of nitrogens with one attached hydrogen (secondary N) is 1. The predicted molar refractivity (Wildman–Crippen MR) is 68.5 cm³/mol. The summed E-state index contributed by atoms with van der Waals surface area (Å²) in [6.45, 7) is 2.86. The first-order valence-electron chi connectivity index (χ1n) is 6.38. The lowest BCUT2D eigenvalue weighted by Gasteiger charge is -2.13. The van der Waals surface area contributed by atoms with E-state index in [9.17, 15) is 4.79 Å². The quantitative estimate of drug-likeness (QED) is 0.894. The second kappa shape index (κ2) is 4.79. The molecule has 0 radical (unpaired) electrons. The summed E-state index contributed by atoms with van der Waals surface area (Å²) in [6, 6.07) is 3.23. The third-order valence-corrected chi connectivity index (χ3v) is 3.32. The number of carbonyl (C=O) groups is 1. The summed E-state index contributed by atoms with van der Waals surface area (Å²) in [5.74, 6) is 1.72. The molecule has 0 aliphatic carbocycles.